The number of ether oxygens (including phenoxy) is 1. The molecule has 0 spiro atoms. The lowest BCUT2D eigenvalue weighted by Gasteiger charge is -2.35. The number of carbonyl (C=O) groups is 1. The van der Waals surface area contributed by atoms with E-state index in [-0.39, 0.29) is 11.2 Å². The summed E-state index contributed by atoms with van der Waals surface area (Å²) in [5.74, 6) is 1.45. The van der Waals surface area contributed by atoms with Gasteiger partial charge in [-0.25, -0.2) is 0 Å². The molecule has 0 unspecified atom stereocenters. The van der Waals surface area contributed by atoms with Crippen molar-refractivity contribution in [1.82, 2.24) is 0 Å². The largest absolute Gasteiger partial charge is 0.492 e. The molecule has 0 radical (unpaired) electrons. The van der Waals surface area contributed by atoms with Gasteiger partial charge in [-0.3, -0.25) is 4.79 Å². The summed E-state index contributed by atoms with van der Waals surface area (Å²) in [4.78, 5) is 11.7. The fourth-order valence-corrected chi connectivity index (χ4v) is 4.52. The lowest BCUT2D eigenvalue weighted by Crippen LogP contribution is -2.24. The number of ketones is 1. The van der Waals surface area contributed by atoms with Gasteiger partial charge in [0.05, 0.1) is 11.1 Å². The standard InChI is InChI=1S/C20H27BrO2/c1-7-23-19-14(10-13(4)22)11-16-15(12(2)3)8-9-20(5,6)17(16)18(19)21/h8,11-12H,7,9-10H2,1-6H3. The van der Waals surface area contributed by atoms with E-state index in [9.17, 15) is 4.79 Å². The molecule has 0 saturated heterocycles. The third-order valence-corrected chi connectivity index (χ3v) is 5.23. The first-order chi connectivity index (χ1) is 10.7. The first-order valence-corrected chi connectivity index (χ1v) is 9.16. The molecule has 1 aromatic rings. The number of hydrogen-bond donors (Lipinski definition) is 0. The molecule has 1 aliphatic rings. The first kappa shape index (κ1) is 18.3. The van der Waals surface area contributed by atoms with Crippen LogP contribution in [0.15, 0.2) is 16.6 Å². The highest BCUT2D eigenvalue weighted by molar-refractivity contribution is 9.10. The molecule has 0 fully saturated rings. The third-order valence-electron chi connectivity index (χ3n) is 4.47. The van der Waals surface area contributed by atoms with Crippen molar-refractivity contribution in [3.8, 4) is 5.75 Å². The maximum Gasteiger partial charge on any atom is 0.137 e. The van der Waals surface area contributed by atoms with E-state index in [0.717, 1.165) is 22.2 Å². The molecule has 0 atom stereocenters. The fraction of sp³-hybridized carbons (Fsp3) is 0.550. The summed E-state index contributed by atoms with van der Waals surface area (Å²) in [6, 6.07) is 2.18. The minimum atomic E-state index is 0.0488. The maximum absolute atomic E-state index is 11.7. The summed E-state index contributed by atoms with van der Waals surface area (Å²) < 4.78 is 6.92. The monoisotopic (exact) mass is 378 g/mol. The highest BCUT2D eigenvalue weighted by Gasteiger charge is 2.33. The Morgan fingerprint density at radius 1 is 1.39 bits per heavy atom. The Bertz CT molecular complexity index is 654. The van der Waals surface area contributed by atoms with Crippen LogP contribution < -0.4 is 4.74 Å². The zero-order valence-corrected chi connectivity index (χ0v) is 16.6. The Morgan fingerprint density at radius 2 is 2.04 bits per heavy atom. The number of hydrogen-bond acceptors (Lipinski definition) is 2. The average molecular weight is 379 g/mol. The minimum Gasteiger partial charge on any atom is -0.492 e. The SMILES string of the molecule is CCOc1c(CC(C)=O)cc2c(c1Br)C(C)(C)CC=C2C(C)C. The van der Waals surface area contributed by atoms with Crippen LogP contribution in [0.3, 0.4) is 0 Å². The van der Waals surface area contributed by atoms with Gasteiger partial charge in [0.15, 0.2) is 0 Å². The summed E-state index contributed by atoms with van der Waals surface area (Å²) >= 11 is 3.80. The second-order valence-corrected chi connectivity index (χ2v) is 8.11. The molecule has 0 N–H and O–H groups in total. The summed E-state index contributed by atoms with van der Waals surface area (Å²) in [5.41, 5.74) is 4.97. The molecule has 126 valence electrons. The quantitative estimate of drug-likeness (QED) is 0.656. The smallest absolute Gasteiger partial charge is 0.137 e. The predicted molar refractivity (Wildman–Crippen MR) is 100 cm³/mol. The lowest BCUT2D eigenvalue weighted by atomic mass is 9.71. The fourth-order valence-electron chi connectivity index (χ4n) is 3.40. The normalized spacial score (nSPS) is 16.1. The van der Waals surface area contributed by atoms with Crippen LogP contribution in [0.2, 0.25) is 0 Å². The Morgan fingerprint density at radius 3 is 2.57 bits per heavy atom. The van der Waals surface area contributed by atoms with Crippen LogP contribution >= 0.6 is 15.9 Å². The second-order valence-electron chi connectivity index (χ2n) is 7.32. The molecular formula is C20H27BrO2. The average Bonchev–Trinajstić information content (AvgIpc) is 2.41. The van der Waals surface area contributed by atoms with Crippen LogP contribution in [0, 0.1) is 5.92 Å². The molecule has 0 saturated carbocycles. The van der Waals surface area contributed by atoms with E-state index in [2.05, 4.69) is 55.8 Å². The van der Waals surface area contributed by atoms with Gasteiger partial charge in [0.1, 0.15) is 11.5 Å². The van der Waals surface area contributed by atoms with Gasteiger partial charge in [0.25, 0.3) is 0 Å². The van der Waals surface area contributed by atoms with Gasteiger partial charge in [-0.2, -0.15) is 0 Å². The van der Waals surface area contributed by atoms with Gasteiger partial charge in [0, 0.05) is 12.0 Å². The van der Waals surface area contributed by atoms with Crippen LogP contribution in [-0.4, -0.2) is 12.4 Å². The van der Waals surface area contributed by atoms with Crippen molar-refractivity contribution in [1.29, 1.82) is 0 Å². The van der Waals surface area contributed by atoms with Crippen molar-refractivity contribution in [3.63, 3.8) is 0 Å². The maximum atomic E-state index is 11.7. The zero-order chi connectivity index (χ0) is 17.4. The highest BCUT2D eigenvalue weighted by atomic mass is 79.9. The third kappa shape index (κ3) is 3.55. The van der Waals surface area contributed by atoms with Crippen LogP contribution in [0.5, 0.6) is 5.75 Å². The Labute approximate surface area is 148 Å². The van der Waals surface area contributed by atoms with Gasteiger partial charge >= 0.3 is 0 Å². The van der Waals surface area contributed by atoms with Gasteiger partial charge in [-0.1, -0.05) is 33.8 Å². The van der Waals surface area contributed by atoms with Crippen molar-refractivity contribution >= 4 is 27.3 Å². The van der Waals surface area contributed by atoms with E-state index in [1.54, 1.807) is 6.92 Å². The van der Waals surface area contributed by atoms with E-state index in [1.165, 1.54) is 16.7 Å². The van der Waals surface area contributed by atoms with Gasteiger partial charge in [0.2, 0.25) is 0 Å². The lowest BCUT2D eigenvalue weighted by molar-refractivity contribution is -0.116. The van der Waals surface area contributed by atoms with Crippen molar-refractivity contribution < 1.29 is 9.53 Å². The summed E-state index contributed by atoms with van der Waals surface area (Å²) in [5, 5.41) is 0. The molecule has 0 bridgehead atoms. The number of Topliss-reactive ketones (excluding diaryl/α,β-unsaturated/α-hetero) is 1. The van der Waals surface area contributed by atoms with Crippen molar-refractivity contribution in [2.24, 2.45) is 5.92 Å². The molecule has 3 heteroatoms. The van der Waals surface area contributed by atoms with Gasteiger partial charge in [-0.05, 0) is 70.3 Å². The molecular weight excluding hydrogens is 352 g/mol. The number of benzene rings is 1. The summed E-state index contributed by atoms with van der Waals surface area (Å²) in [7, 11) is 0. The Balaban J connectivity index is 2.76. The van der Waals surface area contributed by atoms with E-state index < -0.39 is 0 Å². The Kier molecular flexibility index (Phi) is 5.40. The number of carbonyl (C=O) groups excluding carboxylic acids is 1. The molecule has 0 amide bonds. The van der Waals surface area contributed by atoms with Crippen LogP contribution in [0.25, 0.3) is 5.57 Å². The highest BCUT2D eigenvalue weighted by Crippen LogP contribution is 2.49. The first-order valence-electron chi connectivity index (χ1n) is 8.37. The van der Waals surface area contributed by atoms with Crippen molar-refractivity contribution in [2.45, 2.75) is 59.8 Å². The zero-order valence-electron chi connectivity index (χ0n) is 15.0. The van der Waals surface area contributed by atoms with E-state index >= 15 is 0 Å². The molecule has 0 aromatic heterocycles. The molecule has 0 aliphatic heterocycles. The number of rotatable bonds is 5. The molecule has 2 rings (SSSR count). The number of allylic oxidation sites excluding steroid dienone is 2. The van der Waals surface area contributed by atoms with Crippen LogP contribution in [-0.2, 0) is 16.6 Å². The summed E-state index contributed by atoms with van der Waals surface area (Å²) in [6.45, 7) is 13.2. The topological polar surface area (TPSA) is 26.3 Å². The van der Waals surface area contributed by atoms with Crippen LogP contribution in [0.4, 0.5) is 0 Å². The summed E-state index contributed by atoms with van der Waals surface area (Å²) in [6.07, 6.45) is 3.79. The molecule has 2 nitrogen and oxygen atoms in total. The van der Waals surface area contributed by atoms with E-state index in [1.807, 2.05) is 6.92 Å². The van der Waals surface area contributed by atoms with Crippen molar-refractivity contribution in [3.05, 3.63) is 33.3 Å². The number of halogens is 1. The molecule has 0 heterocycles. The minimum absolute atomic E-state index is 0.0488. The molecule has 1 aromatic carbocycles. The van der Waals surface area contributed by atoms with Gasteiger partial charge < -0.3 is 4.74 Å². The number of fused-ring (bicyclic) bond motifs is 1. The molecule has 1 aliphatic carbocycles. The molecule has 23 heavy (non-hydrogen) atoms. The van der Waals surface area contributed by atoms with Crippen molar-refractivity contribution in [2.75, 3.05) is 6.61 Å². The van der Waals surface area contributed by atoms with E-state index in [0.29, 0.717) is 18.9 Å². The van der Waals surface area contributed by atoms with Crippen LogP contribution in [0.1, 0.15) is 64.7 Å². The second kappa shape index (κ2) is 6.80. The predicted octanol–water partition coefficient (Wildman–Crippen LogP) is 5.70. The van der Waals surface area contributed by atoms with E-state index in [4.69, 9.17) is 4.74 Å². The van der Waals surface area contributed by atoms with Gasteiger partial charge in [-0.15, -0.1) is 0 Å². The Hall–Kier alpha value is -1.09.